The van der Waals surface area contributed by atoms with Crippen molar-refractivity contribution >= 4 is 17.4 Å². The summed E-state index contributed by atoms with van der Waals surface area (Å²) >= 11 is 6.05. The van der Waals surface area contributed by atoms with Crippen molar-refractivity contribution in [3.63, 3.8) is 0 Å². The summed E-state index contributed by atoms with van der Waals surface area (Å²) in [6, 6.07) is 1.85. The van der Waals surface area contributed by atoms with Gasteiger partial charge in [-0.2, -0.15) is 0 Å². The van der Waals surface area contributed by atoms with E-state index in [4.69, 9.17) is 11.6 Å². The van der Waals surface area contributed by atoms with Crippen molar-refractivity contribution in [2.75, 3.05) is 0 Å². The maximum Gasteiger partial charge on any atom is 0.140 e. The van der Waals surface area contributed by atoms with Gasteiger partial charge in [-0.15, -0.1) is 0 Å². The predicted octanol–water partition coefficient (Wildman–Crippen LogP) is 4.21. The van der Waals surface area contributed by atoms with E-state index in [1.54, 1.807) is 12.4 Å². The zero-order chi connectivity index (χ0) is 12.8. The van der Waals surface area contributed by atoms with Crippen LogP contribution in [0.4, 0.5) is 0 Å². The minimum absolute atomic E-state index is 0.245. The molecule has 1 saturated carbocycles. The highest BCUT2D eigenvalue weighted by Crippen LogP contribution is 2.25. The lowest BCUT2D eigenvalue weighted by Crippen LogP contribution is -2.18. The van der Waals surface area contributed by atoms with Gasteiger partial charge < -0.3 is 0 Å². The number of pyridine rings is 1. The number of carbonyl (C=O) groups excluding carboxylic acids is 1. The lowest BCUT2D eigenvalue weighted by molar-refractivity contribution is -0.122. The van der Waals surface area contributed by atoms with E-state index in [1.165, 1.54) is 32.1 Å². The molecule has 0 aliphatic heterocycles. The molecule has 1 heterocycles. The van der Waals surface area contributed by atoms with Crippen molar-refractivity contribution < 1.29 is 4.79 Å². The molecular formula is C15H20ClNO. The fourth-order valence-corrected chi connectivity index (χ4v) is 2.84. The zero-order valence-electron chi connectivity index (χ0n) is 10.7. The Kier molecular flexibility index (Phi) is 5.18. The molecule has 0 N–H and O–H groups in total. The molecule has 0 amide bonds. The van der Waals surface area contributed by atoms with Crippen LogP contribution in [-0.2, 0) is 11.2 Å². The minimum Gasteiger partial charge on any atom is -0.299 e. The Balaban J connectivity index is 1.96. The standard InChI is InChI=1S/C15H20ClNO/c16-14-11-17-9-8-13(14)10-15(18)12-6-4-2-1-3-5-7-12/h8-9,11-12H,1-7,10H2. The van der Waals surface area contributed by atoms with Crippen LogP contribution >= 0.6 is 11.6 Å². The molecule has 98 valence electrons. The maximum absolute atomic E-state index is 12.3. The number of ketones is 1. The summed E-state index contributed by atoms with van der Waals surface area (Å²) in [6.07, 6.45) is 12.2. The van der Waals surface area contributed by atoms with Crippen molar-refractivity contribution in [1.82, 2.24) is 4.98 Å². The molecule has 2 rings (SSSR count). The first-order valence-electron chi connectivity index (χ1n) is 6.88. The average Bonchev–Trinajstić information content (AvgIpc) is 2.31. The second-order valence-corrected chi connectivity index (χ2v) is 5.56. The number of aromatic nitrogens is 1. The lowest BCUT2D eigenvalue weighted by atomic mass is 9.86. The van der Waals surface area contributed by atoms with Crippen LogP contribution < -0.4 is 0 Å². The van der Waals surface area contributed by atoms with Gasteiger partial charge in [-0.05, 0) is 24.5 Å². The third-order valence-electron chi connectivity index (χ3n) is 3.78. The molecule has 0 saturated heterocycles. The quantitative estimate of drug-likeness (QED) is 0.820. The molecule has 1 fully saturated rings. The van der Waals surface area contributed by atoms with Crippen molar-refractivity contribution in [3.05, 3.63) is 29.0 Å². The monoisotopic (exact) mass is 265 g/mol. The molecule has 0 unspecified atom stereocenters. The molecule has 0 bridgehead atoms. The fraction of sp³-hybridized carbons (Fsp3) is 0.600. The molecule has 1 aliphatic carbocycles. The molecule has 0 radical (unpaired) electrons. The van der Waals surface area contributed by atoms with Gasteiger partial charge in [0.15, 0.2) is 0 Å². The number of rotatable bonds is 3. The highest BCUT2D eigenvalue weighted by molar-refractivity contribution is 6.31. The molecule has 0 atom stereocenters. The van der Waals surface area contributed by atoms with Gasteiger partial charge in [0.2, 0.25) is 0 Å². The van der Waals surface area contributed by atoms with Gasteiger partial charge in [-0.25, -0.2) is 0 Å². The Labute approximate surface area is 114 Å². The van der Waals surface area contributed by atoms with E-state index < -0.39 is 0 Å². The third kappa shape index (κ3) is 3.81. The summed E-state index contributed by atoms with van der Waals surface area (Å²) in [6.45, 7) is 0. The molecule has 1 aromatic rings. The number of carbonyl (C=O) groups is 1. The molecule has 2 nitrogen and oxygen atoms in total. The minimum atomic E-state index is 0.245. The van der Waals surface area contributed by atoms with Crippen molar-refractivity contribution in [2.24, 2.45) is 5.92 Å². The summed E-state index contributed by atoms with van der Waals surface area (Å²) in [5.41, 5.74) is 0.915. The van der Waals surface area contributed by atoms with Crippen LogP contribution in [0.25, 0.3) is 0 Å². The SMILES string of the molecule is O=C(Cc1ccncc1Cl)C1CCCCCCC1. The normalized spacial score (nSPS) is 18.1. The molecule has 1 aromatic heterocycles. The number of halogens is 1. The number of hydrogen-bond donors (Lipinski definition) is 0. The summed E-state index contributed by atoms with van der Waals surface area (Å²) in [5.74, 6) is 0.597. The van der Waals surface area contributed by atoms with Gasteiger partial charge in [0.05, 0.1) is 5.02 Å². The van der Waals surface area contributed by atoms with E-state index >= 15 is 0 Å². The second kappa shape index (κ2) is 6.89. The highest BCUT2D eigenvalue weighted by Gasteiger charge is 2.20. The van der Waals surface area contributed by atoms with E-state index in [0.29, 0.717) is 17.2 Å². The topological polar surface area (TPSA) is 30.0 Å². The average molecular weight is 266 g/mol. The van der Waals surface area contributed by atoms with E-state index in [0.717, 1.165) is 18.4 Å². The Hall–Kier alpha value is -0.890. The number of Topliss-reactive ketones (excluding diaryl/α,β-unsaturated/α-hetero) is 1. The first-order chi connectivity index (χ1) is 8.77. The van der Waals surface area contributed by atoms with Crippen LogP contribution in [0.15, 0.2) is 18.5 Å². The molecule has 3 heteroatoms. The second-order valence-electron chi connectivity index (χ2n) is 5.15. The number of nitrogens with zero attached hydrogens (tertiary/aromatic N) is 1. The van der Waals surface area contributed by atoms with E-state index in [-0.39, 0.29) is 5.92 Å². The lowest BCUT2D eigenvalue weighted by Gasteiger charge is -2.18. The molecule has 0 aromatic carbocycles. The van der Waals surface area contributed by atoms with Crippen LogP contribution in [0.3, 0.4) is 0 Å². The van der Waals surface area contributed by atoms with Crippen LogP contribution in [0.5, 0.6) is 0 Å². The van der Waals surface area contributed by atoms with E-state index in [2.05, 4.69) is 4.98 Å². The highest BCUT2D eigenvalue weighted by atomic mass is 35.5. The summed E-state index contributed by atoms with van der Waals surface area (Å²) in [5, 5.41) is 0.608. The van der Waals surface area contributed by atoms with Gasteiger partial charge in [-0.1, -0.05) is 43.7 Å². The maximum atomic E-state index is 12.3. The van der Waals surface area contributed by atoms with Gasteiger partial charge in [0.25, 0.3) is 0 Å². The Morgan fingerprint density at radius 3 is 2.56 bits per heavy atom. The third-order valence-corrected chi connectivity index (χ3v) is 4.12. The first kappa shape index (κ1) is 13.5. The van der Waals surface area contributed by atoms with Gasteiger partial charge in [0, 0.05) is 24.7 Å². The number of hydrogen-bond acceptors (Lipinski definition) is 2. The summed E-state index contributed by atoms with van der Waals surface area (Å²) in [4.78, 5) is 16.3. The van der Waals surface area contributed by atoms with Gasteiger partial charge >= 0.3 is 0 Å². The molecule has 1 aliphatic rings. The van der Waals surface area contributed by atoms with Crippen LogP contribution in [0.1, 0.15) is 50.5 Å². The van der Waals surface area contributed by atoms with Gasteiger partial charge in [0.1, 0.15) is 5.78 Å². The van der Waals surface area contributed by atoms with Crippen molar-refractivity contribution in [3.8, 4) is 0 Å². The van der Waals surface area contributed by atoms with Crippen LogP contribution in [0.2, 0.25) is 5.02 Å². The van der Waals surface area contributed by atoms with E-state index in [1.807, 2.05) is 6.07 Å². The van der Waals surface area contributed by atoms with Gasteiger partial charge in [-0.3, -0.25) is 9.78 Å². The first-order valence-corrected chi connectivity index (χ1v) is 7.26. The molecule has 0 spiro atoms. The van der Waals surface area contributed by atoms with Crippen molar-refractivity contribution in [1.29, 1.82) is 0 Å². The van der Waals surface area contributed by atoms with Crippen molar-refractivity contribution in [2.45, 2.75) is 51.4 Å². The summed E-state index contributed by atoms with van der Waals surface area (Å²) in [7, 11) is 0. The predicted molar refractivity (Wildman–Crippen MR) is 73.8 cm³/mol. The fourth-order valence-electron chi connectivity index (χ4n) is 2.66. The smallest absolute Gasteiger partial charge is 0.140 e. The van der Waals surface area contributed by atoms with Crippen LogP contribution in [-0.4, -0.2) is 10.8 Å². The Morgan fingerprint density at radius 1 is 1.22 bits per heavy atom. The molecule has 18 heavy (non-hydrogen) atoms. The Morgan fingerprint density at radius 2 is 1.89 bits per heavy atom. The summed E-state index contributed by atoms with van der Waals surface area (Å²) < 4.78 is 0. The Bertz CT molecular complexity index is 397. The van der Waals surface area contributed by atoms with E-state index in [9.17, 15) is 4.79 Å². The zero-order valence-corrected chi connectivity index (χ0v) is 11.5. The largest absolute Gasteiger partial charge is 0.299 e. The van der Waals surface area contributed by atoms with Crippen LogP contribution in [0, 0.1) is 5.92 Å². The molecular weight excluding hydrogens is 246 g/mol.